The Morgan fingerprint density at radius 3 is 2.76 bits per heavy atom. The van der Waals surface area contributed by atoms with Crippen molar-refractivity contribution < 1.29 is 14.7 Å². The highest BCUT2D eigenvalue weighted by molar-refractivity contribution is 5.76. The Hall–Kier alpha value is -1.90. The Balaban J connectivity index is 1.75. The number of terminal acetylenes is 1. The average molecular weight is 291 g/mol. The second-order valence-corrected chi connectivity index (χ2v) is 5.83. The number of carboxylic acids is 1. The van der Waals surface area contributed by atoms with Crippen LogP contribution in [-0.2, 0) is 9.59 Å². The predicted octanol–water partition coefficient (Wildman–Crippen LogP) is 2.06. The minimum Gasteiger partial charge on any atom is -0.481 e. The molecule has 0 spiro atoms. The van der Waals surface area contributed by atoms with Crippen LogP contribution in [-0.4, -0.2) is 40.6 Å². The maximum absolute atomic E-state index is 12.2. The maximum Gasteiger partial charge on any atom is 0.303 e. The number of piperidine rings is 1. The summed E-state index contributed by atoms with van der Waals surface area (Å²) in [6.07, 6.45) is 9.46. The van der Waals surface area contributed by atoms with E-state index >= 15 is 0 Å². The fraction of sp³-hybridized carbons (Fsp3) is 0.733. The molecule has 0 radical (unpaired) electrons. The molecular formula is C15H21N3O3. The molecule has 0 bridgehead atoms. The van der Waals surface area contributed by atoms with Crippen molar-refractivity contribution >= 4 is 11.9 Å². The Morgan fingerprint density at radius 2 is 2.14 bits per heavy atom. The van der Waals surface area contributed by atoms with Gasteiger partial charge in [-0.1, -0.05) is 0 Å². The summed E-state index contributed by atoms with van der Waals surface area (Å²) in [4.78, 5) is 24.8. The van der Waals surface area contributed by atoms with Gasteiger partial charge in [0.15, 0.2) is 5.66 Å². The quantitative estimate of drug-likeness (QED) is 0.729. The molecule has 6 nitrogen and oxygen atoms in total. The fourth-order valence-corrected chi connectivity index (χ4v) is 2.84. The van der Waals surface area contributed by atoms with E-state index in [1.165, 1.54) is 0 Å². The summed E-state index contributed by atoms with van der Waals surface area (Å²) in [5, 5.41) is 16.9. The summed E-state index contributed by atoms with van der Waals surface area (Å²) in [5.41, 5.74) is -0.418. The number of carbonyl (C=O) groups excluding carboxylic acids is 1. The summed E-state index contributed by atoms with van der Waals surface area (Å²) < 4.78 is 0. The lowest BCUT2D eigenvalue weighted by atomic mass is 9.94. The summed E-state index contributed by atoms with van der Waals surface area (Å²) in [5.74, 6) is 1.92. The molecule has 1 amide bonds. The molecule has 21 heavy (non-hydrogen) atoms. The zero-order valence-corrected chi connectivity index (χ0v) is 12.1. The van der Waals surface area contributed by atoms with E-state index in [1.54, 1.807) is 4.90 Å². The second kappa shape index (κ2) is 6.70. The number of carboxylic acid groups (broad SMARTS) is 1. The van der Waals surface area contributed by atoms with Crippen LogP contribution in [0.3, 0.4) is 0 Å². The van der Waals surface area contributed by atoms with Crippen molar-refractivity contribution in [3.63, 3.8) is 0 Å². The van der Waals surface area contributed by atoms with Crippen molar-refractivity contribution in [2.75, 3.05) is 13.1 Å². The molecule has 1 unspecified atom stereocenters. The lowest BCUT2D eigenvalue weighted by Gasteiger charge is -2.32. The van der Waals surface area contributed by atoms with E-state index < -0.39 is 11.6 Å². The molecule has 1 N–H and O–H groups in total. The van der Waals surface area contributed by atoms with E-state index in [0.717, 1.165) is 19.4 Å². The number of nitrogens with zero attached hydrogens (tertiary/aromatic N) is 3. The van der Waals surface area contributed by atoms with Gasteiger partial charge in [-0.3, -0.25) is 9.59 Å². The van der Waals surface area contributed by atoms with Crippen molar-refractivity contribution in [1.29, 1.82) is 0 Å². The summed E-state index contributed by atoms with van der Waals surface area (Å²) in [6, 6.07) is 0. The first-order chi connectivity index (χ1) is 10.0. The van der Waals surface area contributed by atoms with Gasteiger partial charge in [0.05, 0.1) is 0 Å². The van der Waals surface area contributed by atoms with Crippen molar-refractivity contribution in [2.24, 2.45) is 16.1 Å². The van der Waals surface area contributed by atoms with Gasteiger partial charge in [-0.15, -0.1) is 12.3 Å². The summed E-state index contributed by atoms with van der Waals surface area (Å²) >= 11 is 0. The van der Waals surface area contributed by atoms with Gasteiger partial charge in [0.1, 0.15) is 0 Å². The van der Waals surface area contributed by atoms with Gasteiger partial charge >= 0.3 is 5.97 Å². The highest BCUT2D eigenvalue weighted by atomic mass is 16.4. The van der Waals surface area contributed by atoms with Crippen LogP contribution in [0.4, 0.5) is 0 Å². The predicted molar refractivity (Wildman–Crippen MR) is 76.4 cm³/mol. The molecule has 0 aromatic rings. The lowest BCUT2D eigenvalue weighted by Crippen LogP contribution is -2.40. The second-order valence-electron chi connectivity index (χ2n) is 5.83. The third kappa shape index (κ3) is 4.55. The Kier molecular flexibility index (Phi) is 4.94. The van der Waals surface area contributed by atoms with Crippen molar-refractivity contribution in [2.45, 2.75) is 50.6 Å². The molecule has 1 saturated heterocycles. The summed E-state index contributed by atoms with van der Waals surface area (Å²) in [7, 11) is 0. The minimum absolute atomic E-state index is 0.0717. The molecule has 114 valence electrons. The van der Waals surface area contributed by atoms with Crippen LogP contribution < -0.4 is 0 Å². The first kappa shape index (κ1) is 15.5. The van der Waals surface area contributed by atoms with Crippen LogP contribution in [0.5, 0.6) is 0 Å². The molecule has 2 rings (SSSR count). The maximum atomic E-state index is 12.2. The molecular weight excluding hydrogens is 270 g/mol. The van der Waals surface area contributed by atoms with Crippen LogP contribution >= 0.6 is 0 Å². The smallest absolute Gasteiger partial charge is 0.303 e. The number of rotatable bonds is 7. The number of aliphatic carboxylic acids is 1. The third-order valence-corrected chi connectivity index (χ3v) is 4.13. The van der Waals surface area contributed by atoms with Crippen molar-refractivity contribution in [3.05, 3.63) is 0 Å². The number of likely N-dealkylation sites (tertiary alicyclic amines) is 1. The van der Waals surface area contributed by atoms with Crippen LogP contribution in [0.15, 0.2) is 10.2 Å². The van der Waals surface area contributed by atoms with Crippen LogP contribution in [0.2, 0.25) is 0 Å². The first-order valence-corrected chi connectivity index (χ1v) is 7.42. The Bertz CT molecular complexity index is 475. The van der Waals surface area contributed by atoms with Crippen molar-refractivity contribution in [3.8, 4) is 12.3 Å². The normalized spacial score (nSPS) is 22.6. The Labute approximate surface area is 124 Å². The topological polar surface area (TPSA) is 82.3 Å². The number of carbonyl (C=O) groups is 2. The third-order valence-electron chi connectivity index (χ3n) is 4.13. The van der Waals surface area contributed by atoms with Gasteiger partial charge in [-0.25, -0.2) is 0 Å². The van der Waals surface area contributed by atoms with Gasteiger partial charge < -0.3 is 10.0 Å². The van der Waals surface area contributed by atoms with E-state index in [4.69, 9.17) is 11.5 Å². The lowest BCUT2D eigenvalue weighted by molar-refractivity contribution is -0.140. The standard InChI is InChI=1S/C15H21N3O3/c1-2-3-7-15(16-17-15)8-6-13(19)18-9-4-5-12(11-18)10-14(20)21/h1,12H,3-11H2,(H,20,21). The van der Waals surface area contributed by atoms with Crippen LogP contribution in [0.25, 0.3) is 0 Å². The minimum atomic E-state index is -0.793. The summed E-state index contributed by atoms with van der Waals surface area (Å²) in [6.45, 7) is 1.28. The number of hydrogen-bond acceptors (Lipinski definition) is 4. The molecule has 6 heteroatoms. The first-order valence-electron chi connectivity index (χ1n) is 7.42. The van der Waals surface area contributed by atoms with E-state index in [9.17, 15) is 9.59 Å². The molecule has 0 aliphatic carbocycles. The Morgan fingerprint density at radius 1 is 1.38 bits per heavy atom. The van der Waals surface area contributed by atoms with E-state index in [1.807, 2.05) is 0 Å². The molecule has 0 saturated carbocycles. The van der Waals surface area contributed by atoms with E-state index in [0.29, 0.717) is 32.2 Å². The zero-order chi connectivity index (χ0) is 15.3. The molecule has 1 atom stereocenters. The van der Waals surface area contributed by atoms with Gasteiger partial charge in [0.25, 0.3) is 0 Å². The van der Waals surface area contributed by atoms with Gasteiger partial charge in [-0.2, -0.15) is 10.2 Å². The van der Waals surface area contributed by atoms with E-state index in [2.05, 4.69) is 16.1 Å². The zero-order valence-electron chi connectivity index (χ0n) is 12.1. The molecule has 2 heterocycles. The largest absolute Gasteiger partial charge is 0.481 e. The van der Waals surface area contributed by atoms with Crippen LogP contribution in [0, 0.1) is 18.3 Å². The molecule has 1 fully saturated rings. The highest BCUT2D eigenvalue weighted by Gasteiger charge is 2.39. The van der Waals surface area contributed by atoms with Crippen LogP contribution in [0.1, 0.15) is 44.9 Å². The molecule has 2 aliphatic heterocycles. The van der Waals surface area contributed by atoms with Gasteiger partial charge in [-0.05, 0) is 18.8 Å². The fourth-order valence-electron chi connectivity index (χ4n) is 2.84. The highest BCUT2D eigenvalue weighted by Crippen LogP contribution is 2.37. The van der Waals surface area contributed by atoms with Crippen molar-refractivity contribution in [1.82, 2.24) is 4.90 Å². The monoisotopic (exact) mass is 291 g/mol. The SMILES string of the molecule is C#CCCC1(CCC(=O)N2CCCC(CC(=O)O)C2)N=N1. The molecule has 0 aromatic heterocycles. The average Bonchev–Trinajstić information content (AvgIpc) is 3.23. The molecule has 2 aliphatic rings. The number of hydrogen-bond donors (Lipinski definition) is 1. The van der Waals surface area contributed by atoms with Gasteiger partial charge in [0.2, 0.25) is 5.91 Å². The number of amides is 1. The van der Waals surface area contributed by atoms with Gasteiger partial charge in [0, 0.05) is 45.2 Å². The van der Waals surface area contributed by atoms with E-state index in [-0.39, 0.29) is 18.2 Å². The molecule has 0 aromatic carbocycles.